The molecule has 0 aromatic heterocycles. The van der Waals surface area contributed by atoms with Crippen molar-refractivity contribution in [1.82, 2.24) is 5.32 Å². The van der Waals surface area contributed by atoms with Crippen LogP contribution in [0.2, 0.25) is 0 Å². The first-order chi connectivity index (χ1) is 8.06. The smallest absolute Gasteiger partial charge is 0.237 e. The highest BCUT2D eigenvalue weighted by atomic mass is 16.2. The summed E-state index contributed by atoms with van der Waals surface area (Å²) in [7, 11) is 0. The number of amides is 1. The molecule has 3 nitrogen and oxygen atoms in total. The second-order valence-electron chi connectivity index (χ2n) is 4.65. The number of carbonyl (C=O) groups is 1. The van der Waals surface area contributed by atoms with Crippen molar-refractivity contribution in [3.05, 3.63) is 35.9 Å². The van der Waals surface area contributed by atoms with Gasteiger partial charge < -0.3 is 11.1 Å². The lowest BCUT2D eigenvalue weighted by molar-refractivity contribution is -0.124. The van der Waals surface area contributed by atoms with Crippen LogP contribution in [-0.2, 0) is 4.79 Å². The van der Waals surface area contributed by atoms with Crippen molar-refractivity contribution in [2.75, 3.05) is 0 Å². The Morgan fingerprint density at radius 3 is 2.35 bits per heavy atom. The molecular formula is C14H22N2O. The van der Waals surface area contributed by atoms with Crippen molar-refractivity contribution in [1.29, 1.82) is 0 Å². The van der Waals surface area contributed by atoms with Crippen LogP contribution in [0, 0.1) is 5.92 Å². The highest BCUT2D eigenvalue weighted by molar-refractivity contribution is 5.82. The van der Waals surface area contributed by atoms with E-state index < -0.39 is 6.04 Å². The van der Waals surface area contributed by atoms with E-state index in [9.17, 15) is 4.79 Å². The predicted octanol–water partition coefficient (Wildman–Crippen LogP) is 2.24. The molecular weight excluding hydrogens is 212 g/mol. The van der Waals surface area contributed by atoms with Gasteiger partial charge in [0.2, 0.25) is 5.91 Å². The molecule has 0 aliphatic heterocycles. The second-order valence-corrected chi connectivity index (χ2v) is 4.65. The van der Waals surface area contributed by atoms with Gasteiger partial charge in [-0.15, -0.1) is 0 Å². The van der Waals surface area contributed by atoms with Crippen LogP contribution in [-0.4, -0.2) is 11.9 Å². The van der Waals surface area contributed by atoms with Crippen LogP contribution < -0.4 is 11.1 Å². The fraction of sp³-hybridized carbons (Fsp3) is 0.500. The fourth-order valence-electron chi connectivity index (χ4n) is 1.68. The molecule has 0 heterocycles. The summed E-state index contributed by atoms with van der Waals surface area (Å²) in [5, 5.41) is 3.00. The summed E-state index contributed by atoms with van der Waals surface area (Å²) in [6.45, 7) is 5.96. The zero-order chi connectivity index (χ0) is 12.8. The predicted molar refractivity (Wildman–Crippen MR) is 70.4 cm³/mol. The number of nitrogens with one attached hydrogen (secondary N) is 1. The van der Waals surface area contributed by atoms with Crippen LogP contribution in [0.3, 0.4) is 0 Å². The molecule has 0 aliphatic rings. The first-order valence-electron chi connectivity index (χ1n) is 6.17. The molecule has 0 fully saturated rings. The van der Waals surface area contributed by atoms with Gasteiger partial charge in [-0.05, 0) is 17.9 Å². The number of hydrogen-bond acceptors (Lipinski definition) is 2. The Morgan fingerprint density at radius 2 is 1.88 bits per heavy atom. The normalized spacial score (nSPS) is 14.4. The average Bonchev–Trinajstić information content (AvgIpc) is 2.35. The van der Waals surface area contributed by atoms with Crippen LogP contribution in [0.25, 0.3) is 0 Å². The number of benzene rings is 1. The molecule has 0 saturated carbocycles. The topological polar surface area (TPSA) is 55.1 Å². The lowest BCUT2D eigenvalue weighted by atomic mass is 10.0. The van der Waals surface area contributed by atoms with Gasteiger partial charge in [-0.2, -0.15) is 0 Å². The number of carbonyl (C=O) groups excluding carboxylic acids is 1. The Balaban J connectivity index is 2.68. The summed E-state index contributed by atoms with van der Waals surface area (Å²) in [5.74, 6) is 0.0824. The van der Waals surface area contributed by atoms with Gasteiger partial charge in [0.1, 0.15) is 0 Å². The molecule has 0 aliphatic carbocycles. The molecule has 94 valence electrons. The minimum atomic E-state index is -0.437. The molecule has 3 heteroatoms. The third kappa shape index (κ3) is 3.86. The molecule has 1 aromatic rings. The van der Waals surface area contributed by atoms with Gasteiger partial charge in [-0.1, -0.05) is 51.1 Å². The third-order valence-electron chi connectivity index (χ3n) is 2.95. The number of rotatable bonds is 5. The van der Waals surface area contributed by atoms with Gasteiger partial charge in [0.05, 0.1) is 12.1 Å². The van der Waals surface area contributed by atoms with E-state index >= 15 is 0 Å². The molecule has 17 heavy (non-hydrogen) atoms. The monoisotopic (exact) mass is 234 g/mol. The summed E-state index contributed by atoms with van der Waals surface area (Å²) < 4.78 is 0. The number of nitrogens with two attached hydrogens (primary N) is 1. The van der Waals surface area contributed by atoms with Crippen molar-refractivity contribution in [3.8, 4) is 0 Å². The van der Waals surface area contributed by atoms with E-state index in [0.29, 0.717) is 0 Å². The molecule has 0 radical (unpaired) electrons. The van der Waals surface area contributed by atoms with Crippen molar-refractivity contribution < 1.29 is 4.79 Å². The van der Waals surface area contributed by atoms with Crippen molar-refractivity contribution in [2.24, 2.45) is 11.7 Å². The van der Waals surface area contributed by atoms with E-state index in [1.165, 1.54) is 0 Å². The van der Waals surface area contributed by atoms with Gasteiger partial charge in [0.25, 0.3) is 0 Å². The molecule has 1 amide bonds. The lowest BCUT2D eigenvalue weighted by Gasteiger charge is -2.21. The van der Waals surface area contributed by atoms with Crippen molar-refractivity contribution in [2.45, 2.75) is 39.3 Å². The molecule has 1 rings (SSSR count). The Kier molecular flexibility index (Phi) is 5.16. The van der Waals surface area contributed by atoms with Gasteiger partial charge >= 0.3 is 0 Å². The Hall–Kier alpha value is -1.35. The highest BCUT2D eigenvalue weighted by Gasteiger charge is 2.20. The molecule has 1 aromatic carbocycles. The molecule has 3 N–H and O–H groups in total. The Morgan fingerprint density at radius 1 is 1.29 bits per heavy atom. The minimum absolute atomic E-state index is 0.0495. The molecule has 2 atom stereocenters. The van der Waals surface area contributed by atoms with Crippen LogP contribution in [0.4, 0.5) is 0 Å². The average molecular weight is 234 g/mol. The standard InChI is InChI=1S/C14H22N2O/c1-4-12(11-8-6-5-7-9-11)16-14(17)13(15)10(2)3/h5-10,12-13H,4,15H2,1-3H3,(H,16,17)/t12-,13-/m1/s1. The lowest BCUT2D eigenvalue weighted by Crippen LogP contribution is -2.45. The second kappa shape index (κ2) is 6.40. The number of hydrogen-bond donors (Lipinski definition) is 2. The Bertz CT molecular complexity index is 348. The molecule has 0 unspecified atom stereocenters. The zero-order valence-electron chi connectivity index (χ0n) is 10.8. The largest absolute Gasteiger partial charge is 0.348 e. The van der Waals surface area contributed by atoms with E-state index in [-0.39, 0.29) is 17.9 Å². The van der Waals surface area contributed by atoms with Crippen LogP contribution >= 0.6 is 0 Å². The van der Waals surface area contributed by atoms with Gasteiger partial charge in [-0.25, -0.2) is 0 Å². The van der Waals surface area contributed by atoms with E-state index in [2.05, 4.69) is 12.2 Å². The maximum Gasteiger partial charge on any atom is 0.237 e. The fourth-order valence-corrected chi connectivity index (χ4v) is 1.68. The van der Waals surface area contributed by atoms with Crippen molar-refractivity contribution in [3.63, 3.8) is 0 Å². The van der Waals surface area contributed by atoms with Crippen molar-refractivity contribution >= 4 is 5.91 Å². The van der Waals surface area contributed by atoms with Crippen LogP contribution in [0.15, 0.2) is 30.3 Å². The summed E-state index contributed by atoms with van der Waals surface area (Å²) in [4.78, 5) is 11.9. The minimum Gasteiger partial charge on any atom is -0.348 e. The van der Waals surface area contributed by atoms with Crippen LogP contribution in [0.5, 0.6) is 0 Å². The zero-order valence-corrected chi connectivity index (χ0v) is 10.8. The highest BCUT2D eigenvalue weighted by Crippen LogP contribution is 2.16. The van der Waals surface area contributed by atoms with E-state index in [0.717, 1.165) is 12.0 Å². The maximum absolute atomic E-state index is 11.9. The van der Waals surface area contributed by atoms with E-state index in [1.54, 1.807) is 0 Å². The molecule has 0 spiro atoms. The Labute approximate surface area is 103 Å². The molecule has 0 saturated heterocycles. The maximum atomic E-state index is 11.9. The summed E-state index contributed by atoms with van der Waals surface area (Å²) in [6.07, 6.45) is 0.862. The summed E-state index contributed by atoms with van der Waals surface area (Å²) in [5.41, 5.74) is 6.95. The van der Waals surface area contributed by atoms with E-state index in [4.69, 9.17) is 5.73 Å². The summed E-state index contributed by atoms with van der Waals surface area (Å²) in [6, 6.07) is 9.59. The molecule has 0 bridgehead atoms. The van der Waals surface area contributed by atoms with Gasteiger partial charge in [-0.3, -0.25) is 4.79 Å². The summed E-state index contributed by atoms with van der Waals surface area (Å²) >= 11 is 0. The SMILES string of the molecule is CC[C@@H](NC(=O)[C@H](N)C(C)C)c1ccccc1. The quantitative estimate of drug-likeness (QED) is 0.821. The first kappa shape index (κ1) is 13.7. The first-order valence-corrected chi connectivity index (χ1v) is 6.17. The van der Waals surface area contributed by atoms with Crippen LogP contribution in [0.1, 0.15) is 38.8 Å². The van der Waals surface area contributed by atoms with E-state index in [1.807, 2.05) is 44.2 Å². The van der Waals surface area contributed by atoms with Gasteiger partial charge in [0.15, 0.2) is 0 Å². The van der Waals surface area contributed by atoms with Gasteiger partial charge in [0, 0.05) is 0 Å². The third-order valence-corrected chi connectivity index (χ3v) is 2.95.